The van der Waals surface area contributed by atoms with Gasteiger partial charge in [0.1, 0.15) is 12.1 Å². The van der Waals surface area contributed by atoms with Crippen LogP contribution in [0.2, 0.25) is 10.0 Å². The number of anilines is 1. The molecule has 0 radical (unpaired) electrons. The molecule has 3 aromatic rings. The Kier molecular flexibility index (Phi) is 7.60. The Hall–Kier alpha value is -2.61. The molecule has 34 heavy (non-hydrogen) atoms. The van der Waals surface area contributed by atoms with Gasteiger partial charge in [-0.25, -0.2) is 8.42 Å². The van der Waals surface area contributed by atoms with Crippen LogP contribution in [0, 0.1) is 0 Å². The van der Waals surface area contributed by atoms with Gasteiger partial charge in [0.2, 0.25) is 0 Å². The number of halogens is 2. The number of rotatable bonds is 7. The average Bonchev–Trinajstić information content (AvgIpc) is 2.74. The fourth-order valence-electron chi connectivity index (χ4n) is 3.47. The molecule has 0 aromatic heterocycles. The summed E-state index contributed by atoms with van der Waals surface area (Å²) in [5.41, 5.74) is -0.0183. The minimum absolute atomic E-state index is 0.0230. The monoisotopic (exact) mass is 521 g/mol. The molecule has 0 aliphatic heterocycles. The maximum Gasteiger partial charge on any atom is 0.327 e. The normalized spacial score (nSPS) is 11.9. The number of ether oxygens (including phenoxy) is 1. The topological polar surface area (TPSA) is 80.8 Å². The van der Waals surface area contributed by atoms with Crippen molar-refractivity contribution in [3.63, 3.8) is 0 Å². The van der Waals surface area contributed by atoms with E-state index >= 15 is 0 Å². The van der Waals surface area contributed by atoms with E-state index in [9.17, 15) is 18.0 Å². The Morgan fingerprint density at radius 1 is 0.971 bits per heavy atom. The third-order valence-electron chi connectivity index (χ3n) is 4.89. The molecule has 0 aliphatic rings. The number of fused-ring (bicyclic) bond motifs is 1. The summed E-state index contributed by atoms with van der Waals surface area (Å²) in [5.74, 6) is -0.746. The van der Waals surface area contributed by atoms with Crippen LogP contribution in [0.4, 0.5) is 5.69 Å². The van der Waals surface area contributed by atoms with E-state index in [1.165, 1.54) is 18.2 Å². The van der Waals surface area contributed by atoms with Crippen molar-refractivity contribution >= 4 is 61.4 Å². The van der Waals surface area contributed by atoms with E-state index in [1.807, 2.05) is 0 Å². The smallest absolute Gasteiger partial charge is 0.327 e. The van der Waals surface area contributed by atoms with Crippen LogP contribution in [0.1, 0.15) is 44.5 Å². The number of hydrogen-bond acceptors (Lipinski definition) is 5. The first-order valence-corrected chi connectivity index (χ1v) is 12.8. The number of hydrogen-bond donors (Lipinski definition) is 0. The molecule has 0 heterocycles. The highest BCUT2D eigenvalue weighted by Crippen LogP contribution is 2.31. The first-order valence-electron chi connectivity index (χ1n) is 10.6. The van der Waals surface area contributed by atoms with Crippen molar-refractivity contribution in [2.75, 3.05) is 10.8 Å². The lowest BCUT2D eigenvalue weighted by Crippen LogP contribution is -2.39. The molecule has 0 atom stereocenters. The zero-order chi connectivity index (χ0) is 25.3. The predicted octanol–water partition coefficient (Wildman–Crippen LogP) is 6.28. The van der Waals surface area contributed by atoms with Crippen LogP contribution in [0.15, 0.2) is 59.5 Å². The van der Waals surface area contributed by atoms with Gasteiger partial charge in [0.05, 0.1) is 10.6 Å². The minimum Gasteiger partial charge on any atom is -0.459 e. The van der Waals surface area contributed by atoms with E-state index in [-0.39, 0.29) is 26.4 Å². The van der Waals surface area contributed by atoms with Gasteiger partial charge in [0.25, 0.3) is 10.0 Å². The summed E-state index contributed by atoms with van der Waals surface area (Å²) in [6, 6.07) is 14.1. The highest BCUT2D eigenvalue weighted by Gasteiger charge is 2.30. The van der Waals surface area contributed by atoms with E-state index in [4.69, 9.17) is 27.9 Å². The van der Waals surface area contributed by atoms with Gasteiger partial charge < -0.3 is 4.74 Å². The first kappa shape index (κ1) is 26.0. The lowest BCUT2D eigenvalue weighted by molar-refractivity contribution is -0.152. The Balaban J connectivity index is 2.16. The number of esters is 1. The van der Waals surface area contributed by atoms with Gasteiger partial charge in [-0.15, -0.1) is 0 Å². The number of carbonyl (C=O) groups is 2. The molecule has 0 N–H and O–H groups in total. The molecule has 0 fully saturated rings. The molecule has 0 amide bonds. The summed E-state index contributed by atoms with van der Waals surface area (Å²) in [7, 11) is -4.25. The highest BCUT2D eigenvalue weighted by atomic mass is 35.5. The fraction of sp³-hybridized carbons (Fsp3) is 0.280. The molecule has 6 nitrogen and oxygen atoms in total. The van der Waals surface area contributed by atoms with Crippen molar-refractivity contribution in [3.05, 3.63) is 70.2 Å². The molecular weight excluding hydrogens is 497 g/mol. The van der Waals surface area contributed by atoms with Crippen molar-refractivity contribution in [2.24, 2.45) is 0 Å². The van der Waals surface area contributed by atoms with E-state index in [0.717, 1.165) is 4.31 Å². The van der Waals surface area contributed by atoms with Gasteiger partial charge >= 0.3 is 5.97 Å². The maximum atomic E-state index is 13.6. The third-order valence-corrected chi connectivity index (χ3v) is 7.08. The van der Waals surface area contributed by atoms with Crippen LogP contribution in [0.3, 0.4) is 0 Å². The largest absolute Gasteiger partial charge is 0.459 e. The van der Waals surface area contributed by atoms with Gasteiger partial charge in [-0.3, -0.25) is 13.9 Å². The molecule has 0 saturated heterocycles. The summed E-state index contributed by atoms with van der Waals surface area (Å²) in [6.07, 6.45) is 0.343. The summed E-state index contributed by atoms with van der Waals surface area (Å²) in [6.45, 7) is 6.30. The van der Waals surface area contributed by atoms with E-state index in [2.05, 4.69) is 0 Å². The van der Waals surface area contributed by atoms with Gasteiger partial charge in [-0.2, -0.15) is 0 Å². The SMILES string of the molecule is CCC(=O)c1cccc2cc(N(CC(=O)OC(C)(C)C)S(=O)(=O)c3cc(Cl)cc(Cl)c3)ccc12. The molecule has 3 aromatic carbocycles. The highest BCUT2D eigenvalue weighted by molar-refractivity contribution is 7.92. The quantitative estimate of drug-likeness (QED) is 0.270. The maximum absolute atomic E-state index is 13.6. The number of sulfonamides is 1. The molecule has 0 saturated carbocycles. The molecule has 3 rings (SSSR count). The van der Waals surface area contributed by atoms with Crippen LogP contribution in [0.25, 0.3) is 10.8 Å². The molecule has 0 bridgehead atoms. The predicted molar refractivity (Wildman–Crippen MR) is 135 cm³/mol. The molecule has 0 spiro atoms. The summed E-state index contributed by atoms with van der Waals surface area (Å²) in [5, 5.41) is 1.64. The number of Topliss-reactive ketones (excluding diaryl/α,β-unsaturated/α-hetero) is 1. The van der Waals surface area contributed by atoms with Gasteiger partial charge in [0.15, 0.2) is 5.78 Å². The second kappa shape index (κ2) is 9.94. The molecular formula is C25H25Cl2NO5S. The Morgan fingerprint density at radius 3 is 2.21 bits per heavy atom. The Labute approximate surface area is 209 Å². The molecule has 0 unspecified atom stereocenters. The Morgan fingerprint density at radius 2 is 1.62 bits per heavy atom. The van der Waals surface area contributed by atoms with Crippen molar-refractivity contribution in [1.82, 2.24) is 0 Å². The van der Waals surface area contributed by atoms with Gasteiger partial charge in [0, 0.05) is 22.0 Å². The number of benzene rings is 3. The van der Waals surface area contributed by atoms with Crippen molar-refractivity contribution in [3.8, 4) is 0 Å². The third kappa shape index (κ3) is 5.90. The zero-order valence-corrected chi connectivity index (χ0v) is 21.6. The summed E-state index contributed by atoms with van der Waals surface area (Å²) < 4.78 is 33.6. The minimum atomic E-state index is -4.25. The van der Waals surface area contributed by atoms with Crippen LogP contribution < -0.4 is 4.31 Å². The van der Waals surface area contributed by atoms with Crippen LogP contribution >= 0.6 is 23.2 Å². The Bertz CT molecular complexity index is 1340. The second-order valence-corrected chi connectivity index (χ2v) is 11.4. The molecule has 0 aliphatic carbocycles. The summed E-state index contributed by atoms with van der Waals surface area (Å²) in [4.78, 5) is 24.9. The zero-order valence-electron chi connectivity index (χ0n) is 19.3. The first-order chi connectivity index (χ1) is 15.8. The van der Waals surface area contributed by atoms with Gasteiger partial charge in [-0.05, 0) is 61.9 Å². The van der Waals surface area contributed by atoms with E-state index in [0.29, 0.717) is 22.8 Å². The van der Waals surface area contributed by atoms with Crippen molar-refractivity contribution in [2.45, 2.75) is 44.6 Å². The van der Waals surface area contributed by atoms with Crippen LogP contribution in [0.5, 0.6) is 0 Å². The number of nitrogens with zero attached hydrogens (tertiary/aromatic N) is 1. The number of carbonyl (C=O) groups excluding carboxylic acids is 2. The van der Waals surface area contributed by atoms with E-state index < -0.39 is 28.1 Å². The molecule has 180 valence electrons. The fourth-order valence-corrected chi connectivity index (χ4v) is 5.60. The lowest BCUT2D eigenvalue weighted by Gasteiger charge is -2.27. The second-order valence-electron chi connectivity index (χ2n) is 8.69. The molecule has 9 heteroatoms. The summed E-state index contributed by atoms with van der Waals surface area (Å²) >= 11 is 12.1. The van der Waals surface area contributed by atoms with E-state index in [1.54, 1.807) is 64.1 Å². The van der Waals surface area contributed by atoms with Crippen molar-refractivity contribution < 1.29 is 22.7 Å². The average molecular weight is 522 g/mol. The lowest BCUT2D eigenvalue weighted by atomic mass is 10.00. The van der Waals surface area contributed by atoms with Crippen LogP contribution in [-0.2, 0) is 19.6 Å². The van der Waals surface area contributed by atoms with Crippen molar-refractivity contribution in [1.29, 1.82) is 0 Å². The van der Waals surface area contributed by atoms with Crippen LogP contribution in [-0.4, -0.2) is 32.3 Å². The number of ketones is 1. The van der Waals surface area contributed by atoms with Gasteiger partial charge in [-0.1, -0.05) is 54.4 Å². The standard InChI is InChI=1S/C25H25Cl2NO5S/c1-5-23(29)22-8-6-7-16-11-19(9-10-21(16)22)28(15-24(30)33-25(2,3)4)34(31,32)20-13-17(26)12-18(27)14-20/h6-14H,5,15H2,1-4H3.